The zero-order valence-corrected chi connectivity index (χ0v) is 9.40. The molecule has 6 heteroatoms. The molecule has 0 atom stereocenters. The molecule has 2 rings (SSSR count). The van der Waals surface area contributed by atoms with Gasteiger partial charge in [0.1, 0.15) is 0 Å². The first-order valence-corrected chi connectivity index (χ1v) is 5.08. The number of H-pyrrole nitrogens is 1. The SMILES string of the molecule is Cc1cc(C(=O)O)cc(-c2c[nH]c(F)cc2=O)n1. The van der Waals surface area contributed by atoms with Gasteiger partial charge in [-0.2, -0.15) is 4.39 Å². The van der Waals surface area contributed by atoms with E-state index in [1.165, 1.54) is 18.3 Å². The summed E-state index contributed by atoms with van der Waals surface area (Å²) < 4.78 is 12.8. The molecule has 0 saturated carbocycles. The van der Waals surface area contributed by atoms with E-state index in [9.17, 15) is 14.0 Å². The number of aromatic carboxylic acids is 1. The van der Waals surface area contributed by atoms with Crippen LogP contribution in [0.5, 0.6) is 0 Å². The summed E-state index contributed by atoms with van der Waals surface area (Å²) in [5.41, 5.74) is 0.270. The molecule has 18 heavy (non-hydrogen) atoms. The Labute approximate surface area is 101 Å². The van der Waals surface area contributed by atoms with Gasteiger partial charge in [0.05, 0.1) is 16.8 Å². The summed E-state index contributed by atoms with van der Waals surface area (Å²) in [7, 11) is 0. The minimum absolute atomic E-state index is 0.0289. The number of aromatic nitrogens is 2. The van der Waals surface area contributed by atoms with Crippen LogP contribution in [-0.2, 0) is 0 Å². The Morgan fingerprint density at radius 3 is 2.72 bits per heavy atom. The van der Waals surface area contributed by atoms with Crippen molar-refractivity contribution in [1.29, 1.82) is 0 Å². The number of carbonyl (C=O) groups is 1. The number of hydrogen-bond acceptors (Lipinski definition) is 3. The molecule has 5 nitrogen and oxygen atoms in total. The van der Waals surface area contributed by atoms with Gasteiger partial charge in [-0.3, -0.25) is 9.78 Å². The van der Waals surface area contributed by atoms with Crippen molar-refractivity contribution < 1.29 is 14.3 Å². The molecule has 92 valence electrons. The molecule has 0 aliphatic carbocycles. The maximum Gasteiger partial charge on any atom is 0.335 e. The van der Waals surface area contributed by atoms with Gasteiger partial charge < -0.3 is 10.1 Å². The van der Waals surface area contributed by atoms with Crippen molar-refractivity contribution in [2.45, 2.75) is 6.92 Å². The molecule has 0 aliphatic heterocycles. The van der Waals surface area contributed by atoms with E-state index in [1.54, 1.807) is 6.92 Å². The fraction of sp³-hybridized carbons (Fsp3) is 0.0833. The van der Waals surface area contributed by atoms with E-state index in [1.807, 2.05) is 0 Å². The molecular weight excluding hydrogens is 239 g/mol. The number of pyridine rings is 2. The normalized spacial score (nSPS) is 10.3. The summed E-state index contributed by atoms with van der Waals surface area (Å²) in [4.78, 5) is 28.8. The van der Waals surface area contributed by atoms with Crippen molar-refractivity contribution in [2.24, 2.45) is 0 Å². The highest BCUT2D eigenvalue weighted by Gasteiger charge is 2.11. The van der Waals surface area contributed by atoms with Crippen LogP contribution in [-0.4, -0.2) is 21.0 Å². The van der Waals surface area contributed by atoms with Gasteiger partial charge in [-0.25, -0.2) is 4.79 Å². The second-order valence-corrected chi connectivity index (χ2v) is 3.75. The standard InChI is InChI=1S/C12H9FN2O3/c1-6-2-7(12(17)18)3-9(15-6)8-5-14-11(13)4-10(8)16/h2-5H,1H3,(H,14,16)(H,17,18). The Morgan fingerprint density at radius 1 is 1.39 bits per heavy atom. The number of rotatable bonds is 2. The predicted octanol–water partition coefficient (Wildman–Crippen LogP) is 1.58. The van der Waals surface area contributed by atoms with Crippen molar-refractivity contribution in [3.8, 4) is 11.3 Å². The topological polar surface area (TPSA) is 83.0 Å². The maximum atomic E-state index is 12.8. The molecule has 2 aromatic heterocycles. The molecule has 0 aromatic carbocycles. The minimum atomic E-state index is -1.11. The van der Waals surface area contributed by atoms with Crippen LogP contribution in [0.2, 0.25) is 0 Å². The highest BCUT2D eigenvalue weighted by molar-refractivity contribution is 5.89. The van der Waals surface area contributed by atoms with E-state index in [0.29, 0.717) is 5.69 Å². The Hall–Kier alpha value is -2.50. The van der Waals surface area contributed by atoms with E-state index >= 15 is 0 Å². The number of aromatic amines is 1. The van der Waals surface area contributed by atoms with Crippen LogP contribution >= 0.6 is 0 Å². The van der Waals surface area contributed by atoms with Gasteiger partial charge in [0.25, 0.3) is 0 Å². The Bertz CT molecular complexity index is 679. The van der Waals surface area contributed by atoms with Crippen molar-refractivity contribution >= 4 is 5.97 Å². The summed E-state index contributed by atoms with van der Waals surface area (Å²) in [6, 6.07) is 3.46. The molecule has 2 aromatic rings. The van der Waals surface area contributed by atoms with Gasteiger partial charge in [-0.05, 0) is 19.1 Å². The van der Waals surface area contributed by atoms with Crippen LogP contribution in [0.3, 0.4) is 0 Å². The van der Waals surface area contributed by atoms with Gasteiger partial charge in [0, 0.05) is 18.0 Å². The third kappa shape index (κ3) is 2.27. The number of hydrogen-bond donors (Lipinski definition) is 2. The molecule has 0 saturated heterocycles. The number of carboxylic acids is 1. The van der Waals surface area contributed by atoms with E-state index < -0.39 is 17.3 Å². The monoisotopic (exact) mass is 248 g/mol. The lowest BCUT2D eigenvalue weighted by Gasteiger charge is -2.03. The number of nitrogens with zero attached hydrogens (tertiary/aromatic N) is 1. The highest BCUT2D eigenvalue weighted by atomic mass is 19.1. The lowest BCUT2D eigenvalue weighted by atomic mass is 10.1. The lowest BCUT2D eigenvalue weighted by Crippen LogP contribution is -2.08. The third-order valence-corrected chi connectivity index (χ3v) is 2.35. The predicted molar refractivity (Wildman–Crippen MR) is 61.9 cm³/mol. The first-order valence-electron chi connectivity index (χ1n) is 5.08. The van der Waals surface area contributed by atoms with Gasteiger partial charge in [-0.1, -0.05) is 0 Å². The van der Waals surface area contributed by atoms with Crippen molar-refractivity contribution in [1.82, 2.24) is 9.97 Å². The van der Waals surface area contributed by atoms with E-state index in [2.05, 4.69) is 9.97 Å². The van der Waals surface area contributed by atoms with Crippen LogP contribution < -0.4 is 5.43 Å². The fourth-order valence-electron chi connectivity index (χ4n) is 1.58. The number of halogens is 1. The van der Waals surface area contributed by atoms with Gasteiger partial charge in [0.2, 0.25) is 0 Å². The zero-order chi connectivity index (χ0) is 13.3. The first-order chi connectivity index (χ1) is 8.47. The second kappa shape index (κ2) is 4.40. The molecule has 0 fully saturated rings. The number of nitrogens with one attached hydrogen (secondary N) is 1. The van der Waals surface area contributed by atoms with Gasteiger partial charge >= 0.3 is 5.97 Å². The lowest BCUT2D eigenvalue weighted by molar-refractivity contribution is 0.0696. The largest absolute Gasteiger partial charge is 0.478 e. The summed E-state index contributed by atoms with van der Waals surface area (Å²) in [5.74, 6) is -1.87. The van der Waals surface area contributed by atoms with Crippen LogP contribution in [0.4, 0.5) is 4.39 Å². The average molecular weight is 248 g/mol. The smallest absolute Gasteiger partial charge is 0.335 e. The average Bonchev–Trinajstić information content (AvgIpc) is 2.27. The molecule has 2 N–H and O–H groups in total. The zero-order valence-electron chi connectivity index (χ0n) is 9.40. The summed E-state index contributed by atoms with van der Waals surface area (Å²) in [5, 5.41) is 8.92. The number of carboxylic acid groups (broad SMARTS) is 1. The molecule has 0 radical (unpaired) electrons. The first kappa shape index (κ1) is 12.0. The van der Waals surface area contributed by atoms with E-state index in [4.69, 9.17) is 5.11 Å². The van der Waals surface area contributed by atoms with E-state index in [0.717, 1.165) is 6.07 Å². The molecule has 0 spiro atoms. The number of aryl methyl sites for hydroxylation is 1. The van der Waals surface area contributed by atoms with Gasteiger partial charge in [0.15, 0.2) is 11.4 Å². The van der Waals surface area contributed by atoms with Crippen LogP contribution in [0, 0.1) is 12.9 Å². The summed E-state index contributed by atoms with van der Waals surface area (Å²) in [6.07, 6.45) is 1.17. The molecule has 0 amide bonds. The Balaban J connectivity index is 2.64. The van der Waals surface area contributed by atoms with Gasteiger partial charge in [-0.15, -0.1) is 0 Å². The minimum Gasteiger partial charge on any atom is -0.478 e. The molecule has 0 aliphatic rings. The summed E-state index contributed by atoms with van der Waals surface area (Å²) in [6.45, 7) is 1.62. The fourth-order valence-corrected chi connectivity index (χ4v) is 1.58. The summed E-state index contributed by atoms with van der Waals surface area (Å²) >= 11 is 0. The van der Waals surface area contributed by atoms with Crippen LogP contribution in [0.15, 0.2) is 29.2 Å². The molecule has 0 bridgehead atoms. The van der Waals surface area contributed by atoms with Crippen molar-refractivity contribution in [3.63, 3.8) is 0 Å². The van der Waals surface area contributed by atoms with Crippen molar-refractivity contribution in [3.05, 3.63) is 51.8 Å². The van der Waals surface area contributed by atoms with Crippen LogP contribution in [0.1, 0.15) is 16.1 Å². The second-order valence-electron chi connectivity index (χ2n) is 3.75. The highest BCUT2D eigenvalue weighted by Crippen LogP contribution is 2.15. The molecule has 0 unspecified atom stereocenters. The van der Waals surface area contributed by atoms with E-state index in [-0.39, 0.29) is 16.8 Å². The molecular formula is C12H9FN2O3. The maximum absolute atomic E-state index is 12.8. The van der Waals surface area contributed by atoms with Crippen LogP contribution in [0.25, 0.3) is 11.3 Å². The Morgan fingerprint density at radius 2 is 2.11 bits per heavy atom. The molecule has 2 heterocycles. The van der Waals surface area contributed by atoms with Crippen molar-refractivity contribution in [2.75, 3.05) is 0 Å². The quantitative estimate of drug-likeness (QED) is 0.790. The Kier molecular flexibility index (Phi) is 2.93. The third-order valence-electron chi connectivity index (χ3n) is 2.35.